The number of hydrogen-bond donors (Lipinski definition) is 5. The molecule has 2 heterocycles. The number of ether oxygens (including phenoxy) is 1. The Morgan fingerprint density at radius 3 is 2.45 bits per heavy atom. The number of carbonyl (C=O) groups excluding carboxylic acids is 1. The second-order valence-electron chi connectivity index (χ2n) is 9.68. The maximum atomic E-state index is 13.1. The third-order valence-electron chi connectivity index (χ3n) is 7.09. The first-order valence-corrected chi connectivity index (χ1v) is 14.4. The van der Waals surface area contributed by atoms with Gasteiger partial charge in [-0.05, 0) is 44.9 Å². The van der Waals surface area contributed by atoms with Crippen LogP contribution >= 0.6 is 23.4 Å². The minimum atomic E-state index is -1.37. The fraction of sp³-hybridized carbons (Fsp3) is 0.958. The lowest BCUT2D eigenvalue weighted by Gasteiger charge is -2.44. The molecule has 3 unspecified atom stereocenters. The molecule has 2 saturated heterocycles. The van der Waals surface area contributed by atoms with E-state index in [1.807, 2.05) is 0 Å². The number of alkyl halides is 1. The monoisotopic (exact) mass is 508 g/mol. The molecule has 2 rings (SSSR count). The summed E-state index contributed by atoms with van der Waals surface area (Å²) in [7, 11) is 0. The van der Waals surface area contributed by atoms with Crippen LogP contribution in [-0.4, -0.2) is 81.3 Å². The van der Waals surface area contributed by atoms with Gasteiger partial charge in [0.2, 0.25) is 5.91 Å². The molecular weight excluding hydrogens is 464 g/mol. The van der Waals surface area contributed by atoms with Crippen LogP contribution in [-0.2, 0) is 9.53 Å². The van der Waals surface area contributed by atoms with Crippen LogP contribution in [0.5, 0.6) is 0 Å². The van der Waals surface area contributed by atoms with Crippen molar-refractivity contribution in [3.8, 4) is 0 Å². The number of hydrogen-bond acceptors (Lipinski definition) is 7. The van der Waals surface area contributed by atoms with Crippen molar-refractivity contribution in [1.82, 2.24) is 10.6 Å². The average molecular weight is 509 g/mol. The van der Waals surface area contributed by atoms with E-state index in [4.69, 9.17) is 16.3 Å². The van der Waals surface area contributed by atoms with Gasteiger partial charge in [-0.25, -0.2) is 0 Å². The Labute approximate surface area is 208 Å². The molecule has 0 aromatic carbocycles. The van der Waals surface area contributed by atoms with Crippen LogP contribution in [0, 0.1) is 5.92 Å². The van der Waals surface area contributed by atoms with E-state index in [1.54, 1.807) is 13.2 Å². The van der Waals surface area contributed by atoms with Gasteiger partial charge >= 0.3 is 0 Å². The summed E-state index contributed by atoms with van der Waals surface area (Å²) < 4.78 is 5.85. The molecule has 194 valence electrons. The number of halogens is 1. The Morgan fingerprint density at radius 1 is 1.09 bits per heavy atom. The molecule has 33 heavy (non-hydrogen) atoms. The summed E-state index contributed by atoms with van der Waals surface area (Å²) in [4.78, 5) is 13.1. The van der Waals surface area contributed by atoms with Gasteiger partial charge < -0.3 is 30.7 Å². The Bertz CT molecular complexity index is 571. The van der Waals surface area contributed by atoms with Gasteiger partial charge in [-0.15, -0.1) is 23.4 Å². The summed E-state index contributed by atoms with van der Waals surface area (Å²) >= 11 is 7.62. The smallest absolute Gasteiger partial charge is 0.237 e. The predicted molar refractivity (Wildman–Crippen MR) is 135 cm³/mol. The van der Waals surface area contributed by atoms with E-state index in [-0.39, 0.29) is 11.9 Å². The highest BCUT2D eigenvalue weighted by Crippen LogP contribution is 2.30. The zero-order valence-corrected chi connectivity index (χ0v) is 22.0. The molecule has 0 aromatic heterocycles. The zero-order chi connectivity index (χ0) is 24.4. The molecule has 9 heteroatoms. The number of nitrogens with one attached hydrogen (secondary N) is 2. The van der Waals surface area contributed by atoms with Gasteiger partial charge in [0.1, 0.15) is 29.9 Å². The van der Waals surface area contributed by atoms with Crippen LogP contribution in [0.4, 0.5) is 0 Å². The molecule has 2 fully saturated rings. The summed E-state index contributed by atoms with van der Waals surface area (Å²) in [5.41, 5.74) is -0.707. The number of rotatable bonds is 12. The maximum Gasteiger partial charge on any atom is 0.237 e. The Morgan fingerprint density at radius 2 is 1.79 bits per heavy atom. The first-order chi connectivity index (χ1) is 15.8. The lowest BCUT2D eigenvalue weighted by molar-refractivity contribution is -0.205. The highest BCUT2D eigenvalue weighted by atomic mass is 35.5. The standard InChI is InChI=1S/C24H45ClN2O5S/c1-4-5-6-7-8-9-10-16-11-12-17(26-14-13-16)23(31)27-18(15(2)25)22-20(29)19(28)21(30)24(32-22)33-3/h15-22,24,26,28-30H,4-14H2,1-3H3,(H,27,31)/t15-,16-,17-,18+,19?,20?,21+,22+,24?/m0/s1. The molecule has 0 aromatic rings. The summed E-state index contributed by atoms with van der Waals surface area (Å²) in [6, 6.07) is -1.01. The molecule has 0 aliphatic carbocycles. The van der Waals surface area contributed by atoms with Crippen LogP contribution in [0.2, 0.25) is 0 Å². The number of aliphatic hydroxyl groups excluding tert-OH is 3. The van der Waals surface area contributed by atoms with Crippen molar-refractivity contribution in [2.75, 3.05) is 12.8 Å². The second-order valence-corrected chi connectivity index (χ2v) is 11.3. The topological polar surface area (TPSA) is 111 Å². The van der Waals surface area contributed by atoms with E-state index in [9.17, 15) is 20.1 Å². The van der Waals surface area contributed by atoms with Crippen molar-refractivity contribution in [3.63, 3.8) is 0 Å². The molecule has 0 saturated carbocycles. The molecular formula is C24H45ClN2O5S. The van der Waals surface area contributed by atoms with Gasteiger partial charge in [0, 0.05) is 0 Å². The van der Waals surface area contributed by atoms with Crippen LogP contribution < -0.4 is 10.6 Å². The van der Waals surface area contributed by atoms with Crippen LogP contribution in [0.3, 0.4) is 0 Å². The Balaban J connectivity index is 1.87. The molecule has 0 spiro atoms. The van der Waals surface area contributed by atoms with Crippen molar-refractivity contribution in [2.24, 2.45) is 5.92 Å². The molecule has 5 N–H and O–H groups in total. The summed E-state index contributed by atoms with van der Waals surface area (Å²) in [6.07, 6.45) is 8.81. The van der Waals surface area contributed by atoms with Crippen molar-refractivity contribution in [1.29, 1.82) is 0 Å². The molecule has 1 amide bonds. The fourth-order valence-corrected chi connectivity index (χ4v) is 5.81. The highest BCUT2D eigenvalue weighted by molar-refractivity contribution is 7.99. The lowest BCUT2D eigenvalue weighted by Crippen LogP contribution is -2.65. The van der Waals surface area contributed by atoms with E-state index in [2.05, 4.69) is 17.6 Å². The lowest BCUT2D eigenvalue weighted by atomic mass is 9.92. The fourth-order valence-electron chi connectivity index (χ4n) is 4.92. The van der Waals surface area contributed by atoms with Crippen LogP contribution in [0.25, 0.3) is 0 Å². The van der Waals surface area contributed by atoms with Crippen molar-refractivity contribution < 1.29 is 24.9 Å². The molecule has 2 aliphatic heterocycles. The van der Waals surface area contributed by atoms with Gasteiger partial charge in [-0.3, -0.25) is 4.79 Å². The van der Waals surface area contributed by atoms with E-state index in [0.29, 0.717) is 5.92 Å². The van der Waals surface area contributed by atoms with E-state index in [1.165, 1.54) is 56.7 Å². The van der Waals surface area contributed by atoms with Crippen LogP contribution in [0.1, 0.15) is 78.1 Å². The number of unbranched alkanes of at least 4 members (excludes halogenated alkanes) is 5. The van der Waals surface area contributed by atoms with Gasteiger partial charge in [-0.2, -0.15) is 0 Å². The zero-order valence-electron chi connectivity index (χ0n) is 20.4. The first-order valence-electron chi connectivity index (χ1n) is 12.7. The van der Waals surface area contributed by atoms with E-state index < -0.39 is 41.3 Å². The third-order valence-corrected chi connectivity index (χ3v) is 8.21. The largest absolute Gasteiger partial charge is 0.388 e. The van der Waals surface area contributed by atoms with Gasteiger partial charge in [0.15, 0.2) is 0 Å². The van der Waals surface area contributed by atoms with Crippen molar-refractivity contribution in [2.45, 2.75) is 125 Å². The minimum Gasteiger partial charge on any atom is -0.388 e. The second kappa shape index (κ2) is 15.1. The summed E-state index contributed by atoms with van der Waals surface area (Å²) in [6.45, 7) is 4.77. The SMILES string of the molecule is CCCCCCCC[C@@H]1CCN[C@H](C(=O)N[C@H]([C@H](C)Cl)[C@H]2OC(SC)[C@H](O)C(O)C2O)CC1. The van der Waals surface area contributed by atoms with Crippen molar-refractivity contribution in [3.05, 3.63) is 0 Å². The number of amides is 1. The quantitative estimate of drug-likeness (QED) is 0.203. The maximum absolute atomic E-state index is 13.1. The molecule has 2 aliphatic rings. The average Bonchev–Trinajstić information content (AvgIpc) is 3.04. The Hall–Kier alpha value is -0.0900. The number of thioether (sulfide) groups is 1. The molecule has 7 nitrogen and oxygen atoms in total. The van der Waals surface area contributed by atoms with Crippen molar-refractivity contribution >= 4 is 29.3 Å². The minimum absolute atomic E-state index is 0.162. The van der Waals surface area contributed by atoms with Gasteiger partial charge in [-0.1, -0.05) is 51.9 Å². The third kappa shape index (κ3) is 8.81. The molecule has 9 atom stereocenters. The predicted octanol–water partition coefficient (Wildman–Crippen LogP) is 2.78. The molecule has 0 bridgehead atoms. The van der Waals surface area contributed by atoms with Gasteiger partial charge in [0.25, 0.3) is 0 Å². The number of carbonyl (C=O) groups is 1. The van der Waals surface area contributed by atoms with E-state index in [0.717, 1.165) is 25.8 Å². The number of aliphatic hydroxyl groups is 3. The molecule has 0 radical (unpaired) electrons. The van der Waals surface area contributed by atoms with Crippen LogP contribution in [0.15, 0.2) is 0 Å². The highest BCUT2D eigenvalue weighted by Gasteiger charge is 2.48. The first kappa shape index (κ1) is 29.1. The normalized spacial score (nSPS) is 34.9. The summed E-state index contributed by atoms with van der Waals surface area (Å²) in [5.74, 6) is 0.483. The van der Waals surface area contributed by atoms with E-state index >= 15 is 0 Å². The summed E-state index contributed by atoms with van der Waals surface area (Å²) in [5, 5.41) is 36.7. The Kier molecular flexibility index (Phi) is 13.3. The van der Waals surface area contributed by atoms with Gasteiger partial charge in [0.05, 0.1) is 17.5 Å².